The molecule has 1 heterocycles. The quantitative estimate of drug-likeness (QED) is 0.882. The molecule has 1 aliphatic carbocycles. The molecular formula is C17H20F3N5O. The Balaban J connectivity index is 1.80. The molecule has 6 nitrogen and oxygen atoms in total. The SMILES string of the molecule is CN(CC(=O)Nc1cc(C(F)(F)F)ccc1-n1cncn1)C1CCCC1. The van der Waals surface area contributed by atoms with Crippen molar-refractivity contribution in [1.29, 1.82) is 0 Å². The average Bonchev–Trinajstić information content (AvgIpc) is 3.27. The molecule has 1 saturated carbocycles. The summed E-state index contributed by atoms with van der Waals surface area (Å²) in [6.45, 7) is 0.123. The van der Waals surface area contributed by atoms with E-state index in [0.29, 0.717) is 11.7 Å². The van der Waals surface area contributed by atoms with Crippen LogP contribution < -0.4 is 5.32 Å². The van der Waals surface area contributed by atoms with E-state index in [-0.39, 0.29) is 18.1 Å². The maximum Gasteiger partial charge on any atom is 0.416 e. The summed E-state index contributed by atoms with van der Waals surface area (Å²) >= 11 is 0. The molecule has 0 bridgehead atoms. The summed E-state index contributed by atoms with van der Waals surface area (Å²) in [4.78, 5) is 18.1. The van der Waals surface area contributed by atoms with Crippen molar-refractivity contribution in [3.63, 3.8) is 0 Å². The van der Waals surface area contributed by atoms with Crippen molar-refractivity contribution in [2.75, 3.05) is 18.9 Å². The zero-order chi connectivity index (χ0) is 18.7. The van der Waals surface area contributed by atoms with Gasteiger partial charge in [0.1, 0.15) is 12.7 Å². The number of benzene rings is 1. The van der Waals surface area contributed by atoms with Crippen LogP contribution >= 0.6 is 0 Å². The molecule has 1 aromatic carbocycles. The van der Waals surface area contributed by atoms with E-state index in [0.717, 1.165) is 37.8 Å². The van der Waals surface area contributed by atoms with E-state index in [2.05, 4.69) is 15.4 Å². The Morgan fingerprint density at radius 3 is 2.69 bits per heavy atom. The normalized spacial score (nSPS) is 15.6. The van der Waals surface area contributed by atoms with E-state index >= 15 is 0 Å². The lowest BCUT2D eigenvalue weighted by molar-refractivity contribution is -0.137. The van der Waals surface area contributed by atoms with Gasteiger partial charge in [0, 0.05) is 6.04 Å². The van der Waals surface area contributed by atoms with Gasteiger partial charge in [0.15, 0.2) is 0 Å². The fraction of sp³-hybridized carbons (Fsp3) is 0.471. The summed E-state index contributed by atoms with van der Waals surface area (Å²) in [6.07, 6.45) is 2.50. The summed E-state index contributed by atoms with van der Waals surface area (Å²) in [6, 6.07) is 3.49. The second-order valence-electron chi connectivity index (χ2n) is 6.47. The highest BCUT2D eigenvalue weighted by Crippen LogP contribution is 2.33. The summed E-state index contributed by atoms with van der Waals surface area (Å²) in [7, 11) is 1.86. The number of hydrogen-bond donors (Lipinski definition) is 1. The van der Waals surface area contributed by atoms with Gasteiger partial charge in [-0.25, -0.2) is 9.67 Å². The fourth-order valence-electron chi connectivity index (χ4n) is 3.24. The minimum absolute atomic E-state index is 0.0511. The molecule has 1 N–H and O–H groups in total. The molecule has 1 amide bonds. The molecule has 0 unspecified atom stereocenters. The smallest absolute Gasteiger partial charge is 0.323 e. The van der Waals surface area contributed by atoms with Gasteiger partial charge in [-0.3, -0.25) is 9.69 Å². The van der Waals surface area contributed by atoms with Gasteiger partial charge in [-0.1, -0.05) is 12.8 Å². The monoisotopic (exact) mass is 367 g/mol. The van der Waals surface area contributed by atoms with E-state index in [4.69, 9.17) is 0 Å². The molecule has 9 heteroatoms. The van der Waals surface area contributed by atoms with Crippen LogP contribution in [0.4, 0.5) is 18.9 Å². The maximum atomic E-state index is 13.0. The zero-order valence-corrected chi connectivity index (χ0v) is 14.3. The zero-order valence-electron chi connectivity index (χ0n) is 14.3. The largest absolute Gasteiger partial charge is 0.416 e. The van der Waals surface area contributed by atoms with Crippen molar-refractivity contribution in [2.45, 2.75) is 37.9 Å². The van der Waals surface area contributed by atoms with Gasteiger partial charge in [-0.05, 0) is 38.1 Å². The van der Waals surface area contributed by atoms with Crippen LogP contribution in [0.3, 0.4) is 0 Å². The molecule has 0 spiro atoms. The minimum atomic E-state index is -4.50. The van der Waals surface area contributed by atoms with Gasteiger partial charge in [0.25, 0.3) is 0 Å². The van der Waals surface area contributed by atoms with Crippen molar-refractivity contribution in [1.82, 2.24) is 19.7 Å². The summed E-state index contributed by atoms with van der Waals surface area (Å²) in [5, 5.41) is 6.53. The van der Waals surface area contributed by atoms with Gasteiger partial charge >= 0.3 is 6.18 Å². The van der Waals surface area contributed by atoms with E-state index in [1.807, 2.05) is 11.9 Å². The molecular weight excluding hydrogens is 347 g/mol. The van der Waals surface area contributed by atoms with Crippen LogP contribution in [0.5, 0.6) is 0 Å². The van der Waals surface area contributed by atoms with E-state index in [9.17, 15) is 18.0 Å². The summed E-state index contributed by atoms with van der Waals surface area (Å²) in [5.41, 5.74) is -0.455. The lowest BCUT2D eigenvalue weighted by Gasteiger charge is -2.23. The molecule has 0 aliphatic heterocycles. The maximum absolute atomic E-state index is 13.0. The third kappa shape index (κ3) is 4.21. The second kappa shape index (κ2) is 7.45. The average molecular weight is 367 g/mol. The van der Waals surface area contributed by atoms with Crippen LogP contribution in [0.25, 0.3) is 5.69 Å². The topological polar surface area (TPSA) is 63.1 Å². The lowest BCUT2D eigenvalue weighted by atomic mass is 10.1. The number of anilines is 1. The molecule has 0 radical (unpaired) electrons. The predicted molar refractivity (Wildman–Crippen MR) is 89.9 cm³/mol. The standard InChI is InChI=1S/C17H20F3N5O/c1-24(13-4-2-3-5-13)9-16(26)23-14-8-12(17(18,19)20)6-7-15(14)25-11-21-10-22-25/h6-8,10-11,13H,2-5,9H2,1H3,(H,23,26). The fourth-order valence-corrected chi connectivity index (χ4v) is 3.24. The van der Waals surface area contributed by atoms with Crippen LogP contribution in [0.15, 0.2) is 30.9 Å². The van der Waals surface area contributed by atoms with Crippen LogP contribution in [0.1, 0.15) is 31.2 Å². The molecule has 1 aliphatic rings. The number of nitrogens with one attached hydrogen (secondary N) is 1. The van der Waals surface area contributed by atoms with Crippen LogP contribution in [-0.2, 0) is 11.0 Å². The molecule has 26 heavy (non-hydrogen) atoms. The van der Waals surface area contributed by atoms with E-state index in [1.165, 1.54) is 23.4 Å². The number of likely N-dealkylation sites (N-methyl/N-ethyl adjacent to an activating group) is 1. The predicted octanol–water partition coefficient (Wildman–Crippen LogP) is 3.10. The Morgan fingerprint density at radius 1 is 1.35 bits per heavy atom. The number of amides is 1. The summed E-state index contributed by atoms with van der Waals surface area (Å²) < 4.78 is 40.4. The van der Waals surface area contributed by atoms with Crippen molar-refractivity contribution >= 4 is 11.6 Å². The third-order valence-electron chi connectivity index (χ3n) is 4.60. The van der Waals surface area contributed by atoms with Crippen molar-refractivity contribution in [2.24, 2.45) is 0 Å². The van der Waals surface area contributed by atoms with Crippen LogP contribution in [0, 0.1) is 0 Å². The van der Waals surface area contributed by atoms with Crippen molar-refractivity contribution in [3.8, 4) is 5.69 Å². The Hall–Kier alpha value is -2.42. The van der Waals surface area contributed by atoms with Gasteiger partial charge in [0.2, 0.25) is 5.91 Å². The number of carbonyl (C=O) groups excluding carboxylic acids is 1. The summed E-state index contributed by atoms with van der Waals surface area (Å²) in [5.74, 6) is -0.361. The molecule has 140 valence electrons. The van der Waals surface area contributed by atoms with Crippen molar-refractivity contribution in [3.05, 3.63) is 36.4 Å². The number of hydrogen-bond acceptors (Lipinski definition) is 4. The van der Waals surface area contributed by atoms with Gasteiger partial charge in [0.05, 0.1) is 23.5 Å². The minimum Gasteiger partial charge on any atom is -0.323 e. The number of rotatable bonds is 5. The first-order valence-electron chi connectivity index (χ1n) is 8.41. The number of nitrogens with zero attached hydrogens (tertiary/aromatic N) is 4. The molecule has 0 atom stereocenters. The highest BCUT2D eigenvalue weighted by molar-refractivity contribution is 5.94. The van der Waals surface area contributed by atoms with E-state index in [1.54, 1.807) is 0 Å². The van der Waals surface area contributed by atoms with Crippen LogP contribution in [0.2, 0.25) is 0 Å². The molecule has 3 rings (SSSR count). The lowest BCUT2D eigenvalue weighted by Crippen LogP contribution is -2.36. The number of alkyl halides is 3. The first-order chi connectivity index (χ1) is 12.3. The Bertz CT molecular complexity index is 754. The highest BCUT2D eigenvalue weighted by Gasteiger charge is 2.31. The Morgan fingerprint density at radius 2 is 2.08 bits per heavy atom. The highest BCUT2D eigenvalue weighted by atomic mass is 19.4. The third-order valence-corrected chi connectivity index (χ3v) is 4.60. The number of carbonyl (C=O) groups is 1. The Labute approximate surface area is 149 Å². The first kappa shape index (κ1) is 18.4. The first-order valence-corrected chi connectivity index (χ1v) is 8.41. The molecule has 1 aromatic heterocycles. The van der Waals surface area contributed by atoms with Crippen LogP contribution in [-0.4, -0.2) is 45.2 Å². The molecule has 0 saturated heterocycles. The second-order valence-corrected chi connectivity index (χ2v) is 6.47. The molecule has 2 aromatic rings. The van der Waals surface area contributed by atoms with Gasteiger partial charge in [-0.2, -0.15) is 18.3 Å². The number of halogens is 3. The molecule has 1 fully saturated rings. The van der Waals surface area contributed by atoms with Gasteiger partial charge < -0.3 is 5.32 Å². The van der Waals surface area contributed by atoms with Crippen molar-refractivity contribution < 1.29 is 18.0 Å². The number of aromatic nitrogens is 3. The Kier molecular flexibility index (Phi) is 5.26. The van der Waals surface area contributed by atoms with Gasteiger partial charge in [-0.15, -0.1) is 0 Å². The van der Waals surface area contributed by atoms with E-state index < -0.39 is 11.7 Å².